The smallest absolute Gasteiger partial charge is 0.344 e. The van der Waals surface area contributed by atoms with E-state index in [1.807, 2.05) is 27.7 Å². The lowest BCUT2D eigenvalue weighted by Crippen LogP contribution is -2.18. The fourth-order valence-corrected chi connectivity index (χ4v) is 5.04. The number of ether oxygens (including phenoxy) is 2. The number of benzene rings is 3. The summed E-state index contributed by atoms with van der Waals surface area (Å²) in [6.45, 7) is 21.7. The second kappa shape index (κ2) is 10.2. The fourth-order valence-electron chi connectivity index (χ4n) is 5.04. The lowest BCUT2D eigenvalue weighted by atomic mass is 9.92. The molecule has 0 aliphatic heterocycles. The summed E-state index contributed by atoms with van der Waals surface area (Å²) >= 11 is 0. The number of aromatic hydroxyl groups is 2. The molecular formula is C32H38O6. The van der Waals surface area contributed by atoms with Gasteiger partial charge in [-0.15, -0.1) is 0 Å². The van der Waals surface area contributed by atoms with E-state index in [0.29, 0.717) is 89.4 Å². The number of rotatable bonds is 4. The van der Waals surface area contributed by atoms with Gasteiger partial charge in [0.15, 0.2) is 0 Å². The van der Waals surface area contributed by atoms with Crippen LogP contribution in [0.25, 0.3) is 0 Å². The maximum atomic E-state index is 13.4. The Balaban J connectivity index is 2.07. The van der Waals surface area contributed by atoms with Crippen molar-refractivity contribution in [3.05, 3.63) is 77.9 Å². The van der Waals surface area contributed by atoms with Gasteiger partial charge < -0.3 is 19.7 Å². The third-order valence-corrected chi connectivity index (χ3v) is 8.46. The molecule has 3 rings (SSSR count). The summed E-state index contributed by atoms with van der Waals surface area (Å²) in [6.07, 6.45) is 0. The largest absolute Gasteiger partial charge is 0.507 e. The van der Waals surface area contributed by atoms with Crippen LogP contribution in [0.3, 0.4) is 0 Å². The normalized spacial score (nSPS) is 11.1. The number of phenols is 2. The second-order valence-corrected chi connectivity index (χ2v) is 10.4. The first-order valence-electron chi connectivity index (χ1n) is 12.7. The number of esters is 2. The van der Waals surface area contributed by atoms with Crippen LogP contribution >= 0.6 is 0 Å². The molecule has 202 valence electrons. The van der Waals surface area contributed by atoms with Crippen LogP contribution in [0.4, 0.5) is 0 Å². The van der Waals surface area contributed by atoms with E-state index < -0.39 is 11.9 Å². The van der Waals surface area contributed by atoms with Crippen LogP contribution in [0.1, 0.15) is 87.5 Å². The molecule has 6 heteroatoms. The lowest BCUT2D eigenvalue weighted by molar-refractivity contribution is 0.0713. The first kappa shape index (κ1) is 28.8. The zero-order chi connectivity index (χ0) is 29.0. The Morgan fingerprint density at radius 1 is 0.395 bits per heavy atom. The molecule has 0 saturated carbocycles. The van der Waals surface area contributed by atoms with Gasteiger partial charge in [-0.1, -0.05) is 0 Å². The average molecular weight is 519 g/mol. The second-order valence-electron chi connectivity index (χ2n) is 10.4. The van der Waals surface area contributed by atoms with Crippen molar-refractivity contribution >= 4 is 11.9 Å². The van der Waals surface area contributed by atoms with Crippen LogP contribution in [-0.2, 0) is 0 Å². The minimum Gasteiger partial charge on any atom is -0.507 e. The minimum absolute atomic E-state index is 0.186. The van der Waals surface area contributed by atoms with E-state index in [0.717, 1.165) is 0 Å². The average Bonchev–Trinajstić information content (AvgIpc) is 2.88. The standard InChI is InChI=1S/C32H38O6/c1-13-17(5)27(33)18(6)14(2)25(13)31(35)37-29-21(9)23(11)30(24(12)22(29)10)38-32(36)26-15(3)19(7)28(34)20(8)16(26)4/h33-34H,1-12H3. The summed E-state index contributed by atoms with van der Waals surface area (Å²) in [4.78, 5) is 26.8. The highest BCUT2D eigenvalue weighted by Crippen LogP contribution is 2.40. The van der Waals surface area contributed by atoms with E-state index in [4.69, 9.17) is 9.47 Å². The van der Waals surface area contributed by atoms with E-state index in [1.54, 1.807) is 55.4 Å². The van der Waals surface area contributed by atoms with Crippen molar-refractivity contribution < 1.29 is 29.3 Å². The molecule has 3 aromatic carbocycles. The molecule has 0 aliphatic carbocycles. The monoisotopic (exact) mass is 518 g/mol. The van der Waals surface area contributed by atoms with E-state index in [2.05, 4.69) is 0 Å². The van der Waals surface area contributed by atoms with Crippen LogP contribution in [-0.4, -0.2) is 22.2 Å². The van der Waals surface area contributed by atoms with Crippen LogP contribution in [0.15, 0.2) is 0 Å². The van der Waals surface area contributed by atoms with Crippen molar-refractivity contribution in [2.45, 2.75) is 83.1 Å². The number of hydrogen-bond donors (Lipinski definition) is 2. The molecule has 0 saturated heterocycles. The highest BCUT2D eigenvalue weighted by atomic mass is 16.5. The summed E-state index contributed by atoms with van der Waals surface area (Å²) in [7, 11) is 0. The molecule has 0 spiro atoms. The Morgan fingerprint density at radius 3 is 0.816 bits per heavy atom. The summed E-state index contributed by atoms with van der Waals surface area (Å²) in [5, 5.41) is 20.8. The molecule has 6 nitrogen and oxygen atoms in total. The maximum absolute atomic E-state index is 13.4. The van der Waals surface area contributed by atoms with Crippen LogP contribution in [0, 0.1) is 83.1 Å². The van der Waals surface area contributed by atoms with Gasteiger partial charge in [-0.3, -0.25) is 0 Å². The van der Waals surface area contributed by atoms with E-state index in [-0.39, 0.29) is 11.5 Å². The van der Waals surface area contributed by atoms with Crippen molar-refractivity contribution in [3.63, 3.8) is 0 Å². The fraction of sp³-hybridized carbons (Fsp3) is 0.375. The molecule has 0 aliphatic rings. The SMILES string of the molecule is Cc1c(C)c(C(=O)Oc2c(C)c(C)c(OC(=O)c3c(C)c(C)c(O)c(C)c3C)c(C)c2C)c(C)c(C)c1O. The molecule has 0 aromatic heterocycles. The van der Waals surface area contributed by atoms with Crippen LogP contribution in [0.5, 0.6) is 23.0 Å². The predicted octanol–water partition coefficient (Wildman–Crippen LogP) is 7.24. The molecule has 0 bridgehead atoms. The maximum Gasteiger partial charge on any atom is 0.344 e. The predicted molar refractivity (Wildman–Crippen MR) is 149 cm³/mol. The van der Waals surface area contributed by atoms with Gasteiger partial charge in [0.2, 0.25) is 0 Å². The minimum atomic E-state index is -0.498. The third kappa shape index (κ3) is 4.42. The highest BCUT2D eigenvalue weighted by molar-refractivity contribution is 5.97. The Kier molecular flexibility index (Phi) is 7.69. The molecule has 0 amide bonds. The molecule has 0 unspecified atom stereocenters. The van der Waals surface area contributed by atoms with Gasteiger partial charge in [0, 0.05) is 0 Å². The molecular weight excluding hydrogens is 480 g/mol. The van der Waals surface area contributed by atoms with Crippen molar-refractivity contribution in [1.82, 2.24) is 0 Å². The first-order chi connectivity index (χ1) is 17.5. The molecule has 0 fully saturated rings. The first-order valence-corrected chi connectivity index (χ1v) is 12.7. The topological polar surface area (TPSA) is 93.1 Å². The zero-order valence-electron chi connectivity index (χ0n) is 24.5. The Morgan fingerprint density at radius 2 is 0.605 bits per heavy atom. The van der Waals surface area contributed by atoms with E-state index >= 15 is 0 Å². The van der Waals surface area contributed by atoms with E-state index in [1.165, 1.54) is 0 Å². The summed E-state index contributed by atoms with van der Waals surface area (Å²) in [6, 6.07) is 0. The third-order valence-electron chi connectivity index (χ3n) is 8.46. The van der Waals surface area contributed by atoms with Gasteiger partial charge in [-0.25, -0.2) is 9.59 Å². The van der Waals surface area contributed by atoms with Gasteiger partial charge in [0.1, 0.15) is 23.0 Å². The molecule has 3 aromatic rings. The van der Waals surface area contributed by atoms with Gasteiger partial charge in [-0.2, -0.15) is 0 Å². The lowest BCUT2D eigenvalue weighted by Gasteiger charge is -2.22. The summed E-state index contributed by atoms with van der Waals surface area (Å²) in [5.41, 5.74) is 8.94. The number of hydrogen-bond acceptors (Lipinski definition) is 6. The van der Waals surface area contributed by atoms with Crippen LogP contribution in [0.2, 0.25) is 0 Å². The van der Waals surface area contributed by atoms with Crippen molar-refractivity contribution in [2.24, 2.45) is 0 Å². The summed E-state index contributed by atoms with van der Waals surface area (Å²) in [5.74, 6) is 0.230. The van der Waals surface area contributed by atoms with Gasteiger partial charge in [0.05, 0.1) is 11.1 Å². The van der Waals surface area contributed by atoms with Gasteiger partial charge in [-0.05, 0) is 150 Å². The van der Waals surface area contributed by atoms with Crippen molar-refractivity contribution in [3.8, 4) is 23.0 Å². The molecule has 2 N–H and O–H groups in total. The highest BCUT2D eigenvalue weighted by Gasteiger charge is 2.27. The Hall–Kier alpha value is -3.80. The van der Waals surface area contributed by atoms with Crippen molar-refractivity contribution in [2.75, 3.05) is 0 Å². The van der Waals surface area contributed by atoms with E-state index in [9.17, 15) is 19.8 Å². The summed E-state index contributed by atoms with van der Waals surface area (Å²) < 4.78 is 11.9. The Bertz CT molecular complexity index is 1320. The zero-order valence-corrected chi connectivity index (χ0v) is 24.5. The van der Waals surface area contributed by atoms with Gasteiger partial charge >= 0.3 is 11.9 Å². The molecule has 0 atom stereocenters. The van der Waals surface area contributed by atoms with Gasteiger partial charge in [0.25, 0.3) is 0 Å². The number of carbonyl (C=O) groups excluding carboxylic acids is 2. The molecule has 38 heavy (non-hydrogen) atoms. The molecule has 0 radical (unpaired) electrons. The Labute approximate surface area is 225 Å². The number of carbonyl (C=O) groups is 2. The quantitative estimate of drug-likeness (QED) is 0.279. The van der Waals surface area contributed by atoms with Crippen molar-refractivity contribution in [1.29, 1.82) is 0 Å². The van der Waals surface area contributed by atoms with Crippen LogP contribution < -0.4 is 9.47 Å². The molecule has 0 heterocycles. The number of phenolic OH excluding ortho intramolecular Hbond substituents is 2.